The number of benzene rings is 2. The summed E-state index contributed by atoms with van der Waals surface area (Å²) in [6.07, 6.45) is 0.00399. The molecule has 0 fully saturated rings. The van der Waals surface area contributed by atoms with Crippen molar-refractivity contribution >= 4 is 28.3 Å². The van der Waals surface area contributed by atoms with E-state index in [2.05, 4.69) is 4.72 Å². The summed E-state index contributed by atoms with van der Waals surface area (Å²) in [5.41, 5.74) is 2.44. The Morgan fingerprint density at radius 2 is 1.83 bits per heavy atom. The van der Waals surface area contributed by atoms with Gasteiger partial charge >= 0.3 is 0 Å². The second-order valence-corrected chi connectivity index (χ2v) is 5.69. The van der Waals surface area contributed by atoms with Gasteiger partial charge in [-0.15, -0.1) is 0 Å². The van der Waals surface area contributed by atoms with E-state index in [1.807, 2.05) is 0 Å². The molecule has 0 saturated carbocycles. The number of nitrogens with zero attached hydrogens (tertiary/aromatic N) is 1. The highest BCUT2D eigenvalue weighted by Crippen LogP contribution is 2.22. The van der Waals surface area contributed by atoms with Gasteiger partial charge in [-0.05, 0) is 23.8 Å². The molecule has 0 saturated heterocycles. The number of para-hydroxylation sites is 1. The highest BCUT2D eigenvalue weighted by molar-refractivity contribution is 7.86. The molecule has 0 bridgehead atoms. The third-order valence-electron chi connectivity index (χ3n) is 2.92. The van der Waals surface area contributed by atoms with Gasteiger partial charge in [-0.1, -0.05) is 24.3 Å². The first-order valence-electron chi connectivity index (χ1n) is 6.45. The van der Waals surface area contributed by atoms with Gasteiger partial charge in [0.15, 0.2) is 11.0 Å². The average molecular weight is 335 g/mol. The van der Waals surface area contributed by atoms with Gasteiger partial charge in [0.2, 0.25) is 5.91 Å². The van der Waals surface area contributed by atoms with Crippen molar-refractivity contribution in [3.05, 3.63) is 64.2 Å². The van der Waals surface area contributed by atoms with E-state index in [0.29, 0.717) is 11.3 Å². The second-order valence-electron chi connectivity index (χ2n) is 4.50. The lowest BCUT2D eigenvalue weighted by atomic mass is 10.1. The Morgan fingerprint density at radius 1 is 1.17 bits per heavy atom. The number of nitro groups is 1. The smallest absolute Gasteiger partial charge is 0.287 e. The number of carbonyl (C=O) groups is 1. The minimum atomic E-state index is -1.80. The number of nitrogens with one attached hydrogen (secondary N) is 2. The summed E-state index contributed by atoms with van der Waals surface area (Å²) in [5, 5.41) is 19.4. The van der Waals surface area contributed by atoms with Crippen LogP contribution in [0.4, 0.5) is 11.4 Å². The minimum absolute atomic E-state index is 0.00399. The quantitative estimate of drug-likeness (QED) is 0.422. The highest BCUT2D eigenvalue weighted by atomic mass is 32.2. The van der Waals surface area contributed by atoms with Crippen LogP contribution in [-0.2, 0) is 22.2 Å². The van der Waals surface area contributed by atoms with Crippen LogP contribution in [0.5, 0.6) is 0 Å². The fourth-order valence-corrected chi connectivity index (χ4v) is 2.84. The van der Waals surface area contributed by atoms with Gasteiger partial charge in [-0.25, -0.2) is 9.69 Å². The molecule has 0 aliphatic rings. The minimum Gasteiger partial charge on any atom is -0.301 e. The summed E-state index contributed by atoms with van der Waals surface area (Å²) in [6.45, 7) is 0. The van der Waals surface area contributed by atoms with Crippen molar-refractivity contribution in [3.63, 3.8) is 0 Å². The summed E-state index contributed by atoms with van der Waals surface area (Å²) in [5.74, 6) is -0.547. The maximum atomic E-state index is 12.2. The Hall–Kier alpha value is -2.78. The number of hydrogen-bond donors (Lipinski definition) is 3. The lowest BCUT2D eigenvalue weighted by Crippen LogP contribution is -2.20. The molecule has 0 aliphatic carbocycles. The summed E-state index contributed by atoms with van der Waals surface area (Å²) < 4.78 is 14.9. The Labute approximate surface area is 133 Å². The average Bonchev–Trinajstić information content (AvgIpc) is 2.56. The molecule has 120 valence electrons. The van der Waals surface area contributed by atoms with Gasteiger partial charge in [-0.3, -0.25) is 20.1 Å². The molecule has 0 aromatic heterocycles. The predicted molar refractivity (Wildman–Crippen MR) is 83.2 cm³/mol. The molecule has 9 heteroatoms. The molecular weight excluding hydrogens is 322 g/mol. The zero-order chi connectivity index (χ0) is 16.8. The molecule has 0 spiro atoms. The van der Waals surface area contributed by atoms with Gasteiger partial charge in [0.25, 0.3) is 5.69 Å². The number of hydrogen-bond acceptors (Lipinski definition) is 5. The van der Waals surface area contributed by atoms with Crippen LogP contribution >= 0.6 is 0 Å². The molecule has 23 heavy (non-hydrogen) atoms. The summed E-state index contributed by atoms with van der Waals surface area (Å²) in [6, 6.07) is 12.2. The summed E-state index contributed by atoms with van der Waals surface area (Å²) in [4.78, 5) is 21.5. The molecule has 1 amide bonds. The van der Waals surface area contributed by atoms with Gasteiger partial charge in [-0.2, -0.15) is 0 Å². The van der Waals surface area contributed by atoms with Gasteiger partial charge in [0.05, 0.1) is 11.3 Å². The molecule has 2 aromatic carbocycles. The molecule has 0 radical (unpaired) electrons. The van der Waals surface area contributed by atoms with Crippen LogP contribution in [-0.4, -0.2) is 20.2 Å². The number of nitro benzene ring substituents is 1. The van der Waals surface area contributed by atoms with Crippen LogP contribution in [0.1, 0.15) is 5.56 Å². The van der Waals surface area contributed by atoms with E-state index in [1.54, 1.807) is 30.3 Å². The second kappa shape index (κ2) is 7.47. The first kappa shape index (κ1) is 16.6. The first-order chi connectivity index (χ1) is 11.0. The van der Waals surface area contributed by atoms with Crippen molar-refractivity contribution in [2.45, 2.75) is 11.3 Å². The third-order valence-corrected chi connectivity index (χ3v) is 4.08. The molecule has 1 atom stereocenters. The van der Waals surface area contributed by atoms with E-state index in [-0.39, 0.29) is 17.0 Å². The Bertz CT molecular complexity index is 748. The molecule has 3 N–H and O–H groups in total. The van der Waals surface area contributed by atoms with Gasteiger partial charge in [0.1, 0.15) is 4.90 Å². The van der Waals surface area contributed by atoms with Gasteiger partial charge in [0, 0.05) is 11.8 Å². The van der Waals surface area contributed by atoms with E-state index >= 15 is 0 Å². The fraction of sp³-hybridized carbons (Fsp3) is 0.0714. The highest BCUT2D eigenvalue weighted by Gasteiger charge is 2.18. The van der Waals surface area contributed by atoms with E-state index in [0.717, 1.165) is 0 Å². The number of carbonyl (C=O) groups excluding carboxylic acids is 1. The van der Waals surface area contributed by atoms with Crippen LogP contribution in [0, 0.1) is 10.1 Å². The number of amides is 1. The molecule has 2 aromatic rings. The van der Waals surface area contributed by atoms with Gasteiger partial charge < -0.3 is 4.72 Å². The molecule has 0 aliphatic heterocycles. The van der Waals surface area contributed by atoms with E-state index in [1.165, 1.54) is 23.7 Å². The standard InChI is InChI=1S/C14H13N3O5S/c18-14(15-19)9-10-5-7-11(8-6-10)16-23(22)13-4-2-1-3-12(13)17(20)21/h1-8,16,19H,9H2,(H,15,18). The van der Waals surface area contributed by atoms with E-state index < -0.39 is 21.8 Å². The topological polar surface area (TPSA) is 122 Å². The number of anilines is 1. The molecule has 8 nitrogen and oxygen atoms in total. The molecular formula is C14H13N3O5S. The SMILES string of the molecule is O=C(Cc1ccc(NS(=O)c2ccccc2[N+](=O)[O-])cc1)NO. The lowest BCUT2D eigenvalue weighted by molar-refractivity contribution is -0.387. The van der Waals surface area contributed by atoms with Crippen LogP contribution < -0.4 is 10.2 Å². The fourth-order valence-electron chi connectivity index (χ4n) is 1.84. The van der Waals surface area contributed by atoms with Crippen molar-refractivity contribution in [1.82, 2.24) is 5.48 Å². The molecule has 2 rings (SSSR count). The van der Waals surface area contributed by atoms with Crippen molar-refractivity contribution in [2.75, 3.05) is 4.72 Å². The van der Waals surface area contributed by atoms with Crippen molar-refractivity contribution in [3.8, 4) is 0 Å². The Balaban J connectivity index is 2.12. The third kappa shape index (κ3) is 4.34. The van der Waals surface area contributed by atoms with Crippen molar-refractivity contribution in [2.24, 2.45) is 0 Å². The maximum Gasteiger partial charge on any atom is 0.287 e. The zero-order valence-corrected chi connectivity index (χ0v) is 12.6. The number of rotatable bonds is 6. The van der Waals surface area contributed by atoms with Crippen molar-refractivity contribution < 1.29 is 19.1 Å². The number of hydroxylamine groups is 1. The van der Waals surface area contributed by atoms with Crippen LogP contribution in [0.3, 0.4) is 0 Å². The lowest BCUT2D eigenvalue weighted by Gasteiger charge is -2.07. The van der Waals surface area contributed by atoms with Crippen LogP contribution in [0.2, 0.25) is 0 Å². The largest absolute Gasteiger partial charge is 0.301 e. The maximum absolute atomic E-state index is 12.2. The van der Waals surface area contributed by atoms with Crippen LogP contribution in [0.15, 0.2) is 53.4 Å². The Morgan fingerprint density at radius 3 is 2.43 bits per heavy atom. The zero-order valence-electron chi connectivity index (χ0n) is 11.8. The summed E-state index contributed by atoms with van der Waals surface area (Å²) >= 11 is 0. The predicted octanol–water partition coefficient (Wildman–Crippen LogP) is 1.78. The van der Waals surface area contributed by atoms with E-state index in [4.69, 9.17) is 5.21 Å². The van der Waals surface area contributed by atoms with Crippen molar-refractivity contribution in [1.29, 1.82) is 0 Å². The Kier molecular flexibility index (Phi) is 5.39. The first-order valence-corrected chi connectivity index (χ1v) is 7.60. The monoisotopic (exact) mass is 335 g/mol. The van der Waals surface area contributed by atoms with E-state index in [9.17, 15) is 19.1 Å². The molecule has 0 heterocycles. The van der Waals surface area contributed by atoms with Crippen LogP contribution in [0.25, 0.3) is 0 Å². The summed E-state index contributed by atoms with van der Waals surface area (Å²) in [7, 11) is -1.80. The molecule has 1 unspecified atom stereocenters. The normalized spacial score (nSPS) is 11.5.